The first-order valence-electron chi connectivity index (χ1n) is 8.56. The van der Waals surface area contributed by atoms with Crippen LogP contribution in [0.25, 0.3) is 11.4 Å². The minimum atomic E-state index is 0.600. The molecule has 1 aromatic carbocycles. The minimum Gasteiger partial charge on any atom is -0.493 e. The van der Waals surface area contributed by atoms with Gasteiger partial charge >= 0.3 is 0 Å². The van der Waals surface area contributed by atoms with E-state index in [2.05, 4.69) is 15.5 Å². The van der Waals surface area contributed by atoms with E-state index >= 15 is 0 Å². The van der Waals surface area contributed by atoms with Gasteiger partial charge in [0.1, 0.15) is 0 Å². The highest BCUT2D eigenvalue weighted by Crippen LogP contribution is 2.34. The molecular weight excluding hydrogens is 306 g/mol. The number of benzene rings is 1. The van der Waals surface area contributed by atoms with Gasteiger partial charge in [0, 0.05) is 24.1 Å². The van der Waals surface area contributed by atoms with Crippen molar-refractivity contribution in [3.63, 3.8) is 0 Å². The Labute approximate surface area is 141 Å². The van der Waals surface area contributed by atoms with E-state index < -0.39 is 0 Å². The molecule has 128 valence electrons. The van der Waals surface area contributed by atoms with Crippen molar-refractivity contribution >= 4 is 0 Å². The zero-order valence-electron chi connectivity index (χ0n) is 14.1. The van der Waals surface area contributed by atoms with Crippen LogP contribution in [0.4, 0.5) is 0 Å². The summed E-state index contributed by atoms with van der Waals surface area (Å²) in [7, 11) is 3.24. The molecule has 2 aliphatic heterocycles. The number of ether oxygens (including phenoxy) is 2. The second-order valence-corrected chi connectivity index (χ2v) is 6.76. The van der Waals surface area contributed by atoms with Gasteiger partial charge in [-0.25, -0.2) is 0 Å². The molecule has 2 bridgehead atoms. The van der Waals surface area contributed by atoms with E-state index in [0.717, 1.165) is 17.9 Å². The van der Waals surface area contributed by atoms with E-state index in [1.54, 1.807) is 14.2 Å². The van der Waals surface area contributed by atoms with Gasteiger partial charge in [0.15, 0.2) is 11.5 Å². The summed E-state index contributed by atoms with van der Waals surface area (Å²) in [4.78, 5) is 4.58. The molecule has 2 saturated heterocycles. The van der Waals surface area contributed by atoms with Crippen LogP contribution in [0.3, 0.4) is 0 Å². The molecule has 2 aromatic rings. The van der Waals surface area contributed by atoms with E-state index in [1.165, 1.54) is 25.7 Å². The summed E-state index contributed by atoms with van der Waals surface area (Å²) < 4.78 is 16.1. The summed E-state index contributed by atoms with van der Waals surface area (Å²) in [5, 5.41) is 7.81. The molecule has 2 atom stereocenters. The third-order valence-corrected chi connectivity index (χ3v) is 5.14. The third kappa shape index (κ3) is 2.98. The molecule has 0 radical (unpaired) electrons. The average Bonchev–Trinajstić information content (AvgIpc) is 3.20. The van der Waals surface area contributed by atoms with Crippen molar-refractivity contribution in [2.24, 2.45) is 5.92 Å². The smallest absolute Gasteiger partial charge is 0.227 e. The lowest BCUT2D eigenvalue weighted by Crippen LogP contribution is -2.38. The molecule has 0 amide bonds. The minimum absolute atomic E-state index is 0.600. The Morgan fingerprint density at radius 3 is 2.58 bits per heavy atom. The predicted molar refractivity (Wildman–Crippen MR) is 89.2 cm³/mol. The van der Waals surface area contributed by atoms with Crippen molar-refractivity contribution in [3.8, 4) is 22.9 Å². The number of aromatic nitrogens is 2. The van der Waals surface area contributed by atoms with Crippen LogP contribution < -0.4 is 14.8 Å². The summed E-state index contributed by atoms with van der Waals surface area (Å²) in [5.74, 6) is 3.32. The molecular formula is C18H23N3O3. The van der Waals surface area contributed by atoms with Crippen molar-refractivity contribution < 1.29 is 14.0 Å². The number of fused-ring (bicyclic) bond motifs is 2. The van der Waals surface area contributed by atoms with Gasteiger partial charge in [-0.3, -0.25) is 0 Å². The van der Waals surface area contributed by atoms with Crippen LogP contribution in [0.1, 0.15) is 31.6 Å². The van der Waals surface area contributed by atoms with Crippen LogP contribution >= 0.6 is 0 Å². The van der Waals surface area contributed by atoms with Crippen LogP contribution in [-0.4, -0.2) is 36.4 Å². The van der Waals surface area contributed by atoms with Gasteiger partial charge in [-0.1, -0.05) is 5.16 Å². The van der Waals surface area contributed by atoms with E-state index in [1.807, 2.05) is 18.2 Å². The number of nitrogens with zero attached hydrogens (tertiary/aromatic N) is 2. The molecule has 1 aromatic heterocycles. The maximum atomic E-state index is 5.49. The van der Waals surface area contributed by atoms with Crippen LogP contribution in [0, 0.1) is 5.92 Å². The first-order valence-corrected chi connectivity index (χ1v) is 8.56. The summed E-state index contributed by atoms with van der Waals surface area (Å²) in [6, 6.07) is 7.01. The van der Waals surface area contributed by atoms with Crippen molar-refractivity contribution in [2.75, 3.05) is 14.2 Å². The fraction of sp³-hybridized carbons (Fsp3) is 0.556. The maximum absolute atomic E-state index is 5.49. The molecule has 1 N–H and O–H groups in total. The molecule has 6 heteroatoms. The molecule has 6 nitrogen and oxygen atoms in total. The Morgan fingerprint density at radius 2 is 1.88 bits per heavy atom. The monoisotopic (exact) mass is 329 g/mol. The number of nitrogens with one attached hydrogen (secondary N) is 1. The Bertz CT molecular complexity index is 703. The highest BCUT2D eigenvalue weighted by atomic mass is 16.5. The molecule has 2 unspecified atom stereocenters. The highest BCUT2D eigenvalue weighted by Gasteiger charge is 2.34. The van der Waals surface area contributed by atoms with E-state index in [9.17, 15) is 0 Å². The molecule has 0 saturated carbocycles. The second kappa shape index (κ2) is 6.43. The third-order valence-electron chi connectivity index (χ3n) is 5.14. The fourth-order valence-corrected chi connectivity index (χ4v) is 4.02. The Morgan fingerprint density at radius 1 is 1.12 bits per heavy atom. The lowest BCUT2D eigenvalue weighted by atomic mass is 9.90. The van der Waals surface area contributed by atoms with Crippen LogP contribution in [0.5, 0.6) is 11.5 Å². The van der Waals surface area contributed by atoms with Crippen molar-refractivity contribution in [3.05, 3.63) is 24.1 Å². The van der Waals surface area contributed by atoms with Gasteiger partial charge in [0.2, 0.25) is 11.7 Å². The molecule has 3 heterocycles. The summed E-state index contributed by atoms with van der Waals surface area (Å²) in [5.41, 5.74) is 0.869. The lowest BCUT2D eigenvalue weighted by molar-refractivity contribution is 0.270. The zero-order valence-corrected chi connectivity index (χ0v) is 14.1. The lowest BCUT2D eigenvalue weighted by Gasteiger charge is -2.27. The van der Waals surface area contributed by atoms with Crippen molar-refractivity contribution in [2.45, 2.75) is 44.2 Å². The normalized spacial score (nSPS) is 25.7. The highest BCUT2D eigenvalue weighted by molar-refractivity contribution is 5.60. The Hall–Kier alpha value is -2.08. The van der Waals surface area contributed by atoms with Gasteiger partial charge in [-0.05, 0) is 49.8 Å². The second-order valence-electron chi connectivity index (χ2n) is 6.76. The van der Waals surface area contributed by atoms with Gasteiger partial charge in [-0.15, -0.1) is 0 Å². The molecule has 2 fully saturated rings. The van der Waals surface area contributed by atoms with Gasteiger partial charge in [-0.2, -0.15) is 4.98 Å². The maximum Gasteiger partial charge on any atom is 0.227 e. The van der Waals surface area contributed by atoms with Crippen molar-refractivity contribution in [1.82, 2.24) is 15.5 Å². The van der Waals surface area contributed by atoms with E-state index in [4.69, 9.17) is 14.0 Å². The van der Waals surface area contributed by atoms with E-state index in [-0.39, 0.29) is 0 Å². The van der Waals surface area contributed by atoms with Gasteiger partial charge in [0.25, 0.3) is 0 Å². The largest absolute Gasteiger partial charge is 0.493 e. The van der Waals surface area contributed by atoms with E-state index in [0.29, 0.717) is 35.3 Å². The Kier molecular flexibility index (Phi) is 4.14. The summed E-state index contributed by atoms with van der Waals surface area (Å²) in [6.45, 7) is 0. The Balaban J connectivity index is 1.48. The fourth-order valence-electron chi connectivity index (χ4n) is 4.02. The zero-order chi connectivity index (χ0) is 16.5. The number of piperidine rings is 1. The SMILES string of the molecule is COc1ccc(-c2noc(CC3CC4CCC(C3)N4)n2)cc1OC. The number of hydrogen-bond donors (Lipinski definition) is 1. The molecule has 0 spiro atoms. The molecule has 0 aliphatic carbocycles. The number of rotatable bonds is 5. The van der Waals surface area contributed by atoms with Crippen LogP contribution in [0.2, 0.25) is 0 Å². The molecule has 4 rings (SSSR count). The first kappa shape index (κ1) is 15.4. The van der Waals surface area contributed by atoms with Crippen molar-refractivity contribution in [1.29, 1.82) is 0 Å². The molecule has 24 heavy (non-hydrogen) atoms. The van der Waals surface area contributed by atoms with Crippen LogP contribution in [-0.2, 0) is 6.42 Å². The standard InChI is InChI=1S/C18H23N3O3/c1-22-15-6-3-12(10-16(15)23-2)18-20-17(24-21-18)9-11-7-13-4-5-14(8-11)19-13/h3,6,10-11,13-14,19H,4-5,7-9H2,1-2H3. The summed E-state index contributed by atoms with van der Waals surface area (Å²) in [6.07, 6.45) is 5.91. The first-order chi connectivity index (χ1) is 11.7. The predicted octanol–water partition coefficient (Wildman–Crippen LogP) is 2.83. The topological polar surface area (TPSA) is 69.4 Å². The number of methoxy groups -OCH3 is 2. The summed E-state index contributed by atoms with van der Waals surface area (Å²) >= 11 is 0. The number of hydrogen-bond acceptors (Lipinski definition) is 6. The van der Waals surface area contributed by atoms with Crippen LogP contribution in [0.15, 0.2) is 22.7 Å². The molecule has 2 aliphatic rings. The average molecular weight is 329 g/mol. The van der Waals surface area contributed by atoms with Gasteiger partial charge in [0.05, 0.1) is 14.2 Å². The quantitative estimate of drug-likeness (QED) is 0.910. The van der Waals surface area contributed by atoms with Gasteiger partial charge < -0.3 is 19.3 Å².